The van der Waals surface area contributed by atoms with Gasteiger partial charge in [-0.05, 0) is 58.0 Å². The fourth-order valence-corrected chi connectivity index (χ4v) is 4.61. The van der Waals surface area contributed by atoms with Crippen molar-refractivity contribution in [1.82, 2.24) is 25.5 Å². The number of aromatic nitrogens is 4. The molecule has 0 aliphatic rings. The van der Waals surface area contributed by atoms with E-state index in [-0.39, 0.29) is 6.42 Å². The predicted octanol–water partition coefficient (Wildman–Crippen LogP) is 3.37. The monoisotopic (exact) mass is 566 g/mol. The Morgan fingerprint density at radius 1 is 1.03 bits per heavy atom. The molecule has 13 heteroatoms. The zero-order chi connectivity index (χ0) is 27.8. The summed E-state index contributed by atoms with van der Waals surface area (Å²) in [6.07, 6.45) is 4.09. The maximum absolute atomic E-state index is 13.2. The van der Waals surface area contributed by atoms with Gasteiger partial charge in [0, 0.05) is 28.8 Å². The highest BCUT2D eigenvalue weighted by molar-refractivity contribution is 7.50. The molecule has 4 aromatic rings. The molecule has 0 saturated heterocycles. The van der Waals surface area contributed by atoms with Crippen LogP contribution < -0.4 is 10.6 Å². The van der Waals surface area contributed by atoms with Gasteiger partial charge in [0.25, 0.3) is 0 Å². The van der Waals surface area contributed by atoms with Crippen molar-refractivity contribution in [1.29, 1.82) is 0 Å². The SMILES string of the molecule is O=C(C=Cc1cc(Cl)ccc1-n1cnnn1)NC(Cc1ccccc1)C(=O)Nc1ccc(CP(=O)(O)O)cc1. The number of benzene rings is 3. The number of nitrogens with one attached hydrogen (secondary N) is 2. The highest BCUT2D eigenvalue weighted by Crippen LogP contribution is 2.39. The molecule has 4 N–H and O–H groups in total. The van der Waals surface area contributed by atoms with Crippen LogP contribution in [0.25, 0.3) is 11.8 Å². The molecule has 1 heterocycles. The van der Waals surface area contributed by atoms with Crippen LogP contribution in [0.1, 0.15) is 16.7 Å². The maximum atomic E-state index is 13.2. The van der Waals surface area contributed by atoms with E-state index in [1.807, 2.05) is 30.3 Å². The highest BCUT2D eigenvalue weighted by atomic mass is 35.5. The Labute approximate surface area is 228 Å². The average molecular weight is 567 g/mol. The minimum absolute atomic E-state index is 0.232. The molecular weight excluding hydrogens is 543 g/mol. The van der Waals surface area contributed by atoms with E-state index in [4.69, 9.17) is 21.4 Å². The molecule has 0 aliphatic heterocycles. The van der Waals surface area contributed by atoms with Crippen molar-refractivity contribution < 1.29 is 23.9 Å². The molecule has 0 radical (unpaired) electrons. The minimum atomic E-state index is -4.21. The molecule has 39 heavy (non-hydrogen) atoms. The van der Waals surface area contributed by atoms with E-state index in [1.165, 1.54) is 29.2 Å². The van der Waals surface area contributed by atoms with Gasteiger partial charge in [-0.1, -0.05) is 54.1 Å². The van der Waals surface area contributed by atoms with Gasteiger partial charge in [0.2, 0.25) is 11.8 Å². The molecule has 2 amide bonds. The normalized spacial score (nSPS) is 12.3. The van der Waals surface area contributed by atoms with Crippen molar-refractivity contribution in [2.45, 2.75) is 18.6 Å². The number of hydrogen-bond acceptors (Lipinski definition) is 6. The third-order valence-corrected chi connectivity index (χ3v) is 6.54. The van der Waals surface area contributed by atoms with E-state index < -0.39 is 31.6 Å². The molecule has 0 bridgehead atoms. The second-order valence-corrected chi connectivity index (χ2v) is 10.6. The van der Waals surface area contributed by atoms with E-state index in [0.717, 1.165) is 5.56 Å². The fraction of sp³-hybridized carbons (Fsp3) is 0.115. The summed E-state index contributed by atoms with van der Waals surface area (Å²) in [4.78, 5) is 44.4. The van der Waals surface area contributed by atoms with E-state index in [2.05, 4.69) is 26.2 Å². The van der Waals surface area contributed by atoms with Gasteiger partial charge >= 0.3 is 7.60 Å². The van der Waals surface area contributed by atoms with E-state index >= 15 is 0 Å². The summed E-state index contributed by atoms with van der Waals surface area (Å²) in [5.74, 6) is -0.966. The van der Waals surface area contributed by atoms with Gasteiger partial charge in [-0.15, -0.1) is 5.10 Å². The van der Waals surface area contributed by atoms with Crippen LogP contribution in [-0.4, -0.2) is 47.9 Å². The van der Waals surface area contributed by atoms with E-state index in [0.29, 0.717) is 27.5 Å². The number of tetrazole rings is 1. The van der Waals surface area contributed by atoms with Crippen LogP contribution in [-0.2, 0) is 26.7 Å². The summed E-state index contributed by atoms with van der Waals surface area (Å²) in [6.45, 7) is 0. The Morgan fingerprint density at radius 2 is 1.77 bits per heavy atom. The van der Waals surface area contributed by atoms with Crippen LogP contribution in [0.2, 0.25) is 5.02 Å². The molecule has 0 spiro atoms. The molecule has 4 rings (SSSR count). The fourth-order valence-electron chi connectivity index (χ4n) is 3.74. The van der Waals surface area contributed by atoms with Gasteiger partial charge in [0.15, 0.2) is 0 Å². The Morgan fingerprint density at radius 3 is 2.44 bits per heavy atom. The second kappa shape index (κ2) is 12.6. The molecule has 0 saturated carbocycles. The molecule has 3 aromatic carbocycles. The predicted molar refractivity (Wildman–Crippen MR) is 146 cm³/mol. The van der Waals surface area contributed by atoms with Gasteiger partial charge in [0.1, 0.15) is 12.4 Å². The highest BCUT2D eigenvalue weighted by Gasteiger charge is 2.21. The molecule has 0 aliphatic carbocycles. The molecule has 11 nitrogen and oxygen atoms in total. The standard InChI is InChI=1S/C26H24ClN6O5P/c27-21-9-12-24(33-17-28-31-32-33)20(15-21)8-13-25(34)30-23(14-18-4-2-1-3-5-18)26(35)29-22-10-6-19(7-11-22)16-39(36,37)38/h1-13,15,17,23H,14,16H2,(H,29,35)(H,30,34)(H2,36,37,38). The number of hydrogen-bond donors (Lipinski definition) is 4. The molecule has 1 unspecified atom stereocenters. The third kappa shape index (κ3) is 8.42. The molecular formula is C26H24ClN6O5P. The first-order valence-electron chi connectivity index (χ1n) is 11.7. The van der Waals surface area contributed by atoms with E-state index in [9.17, 15) is 14.2 Å². The summed E-state index contributed by atoms with van der Waals surface area (Å²) >= 11 is 6.14. The minimum Gasteiger partial charge on any atom is -0.340 e. The smallest absolute Gasteiger partial charge is 0.329 e. The van der Waals surface area contributed by atoms with Gasteiger partial charge in [-0.3, -0.25) is 14.2 Å². The van der Waals surface area contributed by atoms with Crippen molar-refractivity contribution >= 4 is 42.8 Å². The van der Waals surface area contributed by atoms with Crippen molar-refractivity contribution in [2.75, 3.05) is 5.32 Å². The van der Waals surface area contributed by atoms with Crippen molar-refractivity contribution in [3.8, 4) is 5.69 Å². The van der Waals surface area contributed by atoms with Gasteiger partial charge in [0.05, 0.1) is 11.8 Å². The number of halogens is 1. The van der Waals surface area contributed by atoms with Crippen LogP contribution in [0.15, 0.2) is 85.2 Å². The Bertz CT molecular complexity index is 1510. The average Bonchev–Trinajstić information content (AvgIpc) is 3.43. The Hall–Kier alpha value is -4.15. The topological polar surface area (TPSA) is 159 Å². The van der Waals surface area contributed by atoms with E-state index in [1.54, 1.807) is 36.4 Å². The van der Waals surface area contributed by atoms with Crippen molar-refractivity contribution in [2.24, 2.45) is 0 Å². The van der Waals surface area contributed by atoms with Crippen LogP contribution in [0, 0.1) is 0 Å². The Balaban J connectivity index is 1.50. The molecule has 1 atom stereocenters. The summed E-state index contributed by atoms with van der Waals surface area (Å²) in [6, 6.07) is 19.5. The van der Waals surface area contributed by atoms with Crippen LogP contribution in [0.3, 0.4) is 0 Å². The lowest BCUT2D eigenvalue weighted by Gasteiger charge is -2.18. The lowest BCUT2D eigenvalue weighted by Crippen LogP contribution is -2.44. The number of carbonyl (C=O) groups is 2. The maximum Gasteiger partial charge on any atom is 0.329 e. The lowest BCUT2D eigenvalue weighted by atomic mass is 10.0. The molecule has 1 aromatic heterocycles. The number of anilines is 1. The molecule has 200 valence electrons. The first-order chi connectivity index (χ1) is 18.7. The Kier molecular flexibility index (Phi) is 9.00. The van der Waals surface area contributed by atoms with Crippen LogP contribution >= 0.6 is 19.2 Å². The number of nitrogens with zero attached hydrogens (tertiary/aromatic N) is 4. The zero-order valence-corrected chi connectivity index (χ0v) is 22.0. The quantitative estimate of drug-likeness (QED) is 0.168. The third-order valence-electron chi connectivity index (χ3n) is 5.53. The summed E-state index contributed by atoms with van der Waals surface area (Å²) in [7, 11) is -4.21. The second-order valence-electron chi connectivity index (χ2n) is 8.55. The number of rotatable bonds is 10. The van der Waals surface area contributed by atoms with Crippen LogP contribution in [0.5, 0.6) is 0 Å². The van der Waals surface area contributed by atoms with Crippen LogP contribution in [0.4, 0.5) is 5.69 Å². The largest absolute Gasteiger partial charge is 0.340 e. The lowest BCUT2D eigenvalue weighted by molar-refractivity contribution is -0.123. The first kappa shape index (κ1) is 27.9. The van der Waals surface area contributed by atoms with Gasteiger partial charge in [-0.25, -0.2) is 0 Å². The van der Waals surface area contributed by atoms with Gasteiger partial charge < -0.3 is 20.4 Å². The first-order valence-corrected chi connectivity index (χ1v) is 13.8. The number of carbonyl (C=O) groups excluding carboxylic acids is 2. The van der Waals surface area contributed by atoms with Crippen molar-refractivity contribution in [3.63, 3.8) is 0 Å². The number of amides is 2. The zero-order valence-electron chi connectivity index (χ0n) is 20.4. The summed E-state index contributed by atoms with van der Waals surface area (Å²) in [5.41, 5.74) is 2.89. The summed E-state index contributed by atoms with van der Waals surface area (Å²) in [5, 5.41) is 17.1. The van der Waals surface area contributed by atoms with Crippen molar-refractivity contribution in [3.05, 3.63) is 107 Å². The summed E-state index contributed by atoms with van der Waals surface area (Å²) < 4.78 is 12.7. The van der Waals surface area contributed by atoms with Gasteiger partial charge in [-0.2, -0.15) is 4.68 Å². The molecule has 0 fully saturated rings.